The summed E-state index contributed by atoms with van der Waals surface area (Å²) in [4.78, 5) is 16.0. The summed E-state index contributed by atoms with van der Waals surface area (Å²) in [7, 11) is 0. The molecule has 2 aliphatic rings. The van der Waals surface area contributed by atoms with Crippen molar-refractivity contribution in [2.45, 2.75) is 38.1 Å². The molecule has 0 bridgehead atoms. The minimum absolute atomic E-state index is 0.335. The zero-order chi connectivity index (χ0) is 19.3. The second kappa shape index (κ2) is 8.61. The van der Waals surface area contributed by atoms with Gasteiger partial charge in [-0.25, -0.2) is 0 Å². The van der Waals surface area contributed by atoms with Crippen molar-refractivity contribution in [1.82, 2.24) is 4.90 Å². The maximum absolute atomic E-state index is 11.5. The van der Waals surface area contributed by atoms with Crippen LogP contribution >= 0.6 is 0 Å². The molecule has 28 heavy (non-hydrogen) atoms. The third-order valence-corrected chi connectivity index (χ3v) is 5.92. The van der Waals surface area contributed by atoms with Crippen molar-refractivity contribution in [2.24, 2.45) is 0 Å². The molecular formula is C24H28N2O2. The lowest BCUT2D eigenvalue weighted by molar-refractivity contribution is -0.144. The Morgan fingerprint density at radius 3 is 2.18 bits per heavy atom. The van der Waals surface area contributed by atoms with E-state index in [9.17, 15) is 9.90 Å². The quantitative estimate of drug-likeness (QED) is 0.785. The Bertz CT molecular complexity index is 814. The molecule has 1 N–H and O–H groups in total. The van der Waals surface area contributed by atoms with Crippen molar-refractivity contribution in [2.75, 3.05) is 24.5 Å². The van der Waals surface area contributed by atoms with Gasteiger partial charge >= 0.3 is 5.97 Å². The van der Waals surface area contributed by atoms with Crippen LogP contribution in [0.1, 0.15) is 30.4 Å². The van der Waals surface area contributed by atoms with Crippen molar-refractivity contribution < 1.29 is 9.90 Å². The number of rotatable bonds is 5. The number of carboxylic acid groups (broad SMARTS) is 1. The van der Waals surface area contributed by atoms with Gasteiger partial charge in [-0.1, -0.05) is 55.0 Å². The van der Waals surface area contributed by atoms with Gasteiger partial charge in [-0.3, -0.25) is 9.69 Å². The van der Waals surface area contributed by atoms with Crippen LogP contribution in [-0.4, -0.2) is 41.7 Å². The van der Waals surface area contributed by atoms with E-state index < -0.39 is 5.97 Å². The number of carbonyl (C=O) groups is 1. The molecule has 0 aromatic heterocycles. The van der Waals surface area contributed by atoms with E-state index in [-0.39, 0.29) is 6.04 Å². The number of para-hydroxylation sites is 2. The number of fused-ring (bicyclic) bond motifs is 2. The first kappa shape index (κ1) is 18.8. The SMILES string of the molecule is O=C(O)C1CCCCN1C/C=C/CN1c2ccccc2CCc2ccccc21. The van der Waals surface area contributed by atoms with Crippen LogP contribution in [0.3, 0.4) is 0 Å². The first-order valence-electron chi connectivity index (χ1n) is 10.3. The van der Waals surface area contributed by atoms with E-state index in [0.29, 0.717) is 6.54 Å². The number of benzene rings is 2. The lowest BCUT2D eigenvalue weighted by Gasteiger charge is -2.32. The van der Waals surface area contributed by atoms with Crippen molar-refractivity contribution in [3.8, 4) is 0 Å². The molecule has 4 heteroatoms. The lowest BCUT2D eigenvalue weighted by Crippen LogP contribution is -2.44. The standard InChI is InChI=1S/C24H28N2O2/c27-24(28)23-13-5-6-16-25(23)17-7-8-18-26-21-11-3-1-9-19(21)14-15-20-10-2-4-12-22(20)26/h1-4,7-12,23H,5-6,13-18H2,(H,27,28)/b8-7+. The third-order valence-electron chi connectivity index (χ3n) is 5.92. The van der Waals surface area contributed by atoms with Crippen molar-refractivity contribution in [3.63, 3.8) is 0 Å². The average molecular weight is 377 g/mol. The van der Waals surface area contributed by atoms with Crippen LogP contribution in [0.5, 0.6) is 0 Å². The molecule has 0 aliphatic carbocycles. The number of nitrogens with zero attached hydrogens (tertiary/aromatic N) is 2. The molecule has 0 saturated carbocycles. The van der Waals surface area contributed by atoms with Gasteiger partial charge in [0.05, 0.1) is 0 Å². The Kier molecular flexibility index (Phi) is 5.77. The minimum Gasteiger partial charge on any atom is -0.480 e. The monoisotopic (exact) mass is 376 g/mol. The van der Waals surface area contributed by atoms with Crippen LogP contribution in [0, 0.1) is 0 Å². The third kappa shape index (κ3) is 3.97. The van der Waals surface area contributed by atoms with Gasteiger partial charge < -0.3 is 10.0 Å². The molecule has 4 nitrogen and oxygen atoms in total. The van der Waals surface area contributed by atoms with Gasteiger partial charge in [-0.05, 0) is 55.5 Å². The number of anilines is 2. The summed E-state index contributed by atoms with van der Waals surface area (Å²) >= 11 is 0. The van der Waals surface area contributed by atoms with Crippen LogP contribution in [0.15, 0.2) is 60.7 Å². The molecule has 1 unspecified atom stereocenters. The molecule has 1 atom stereocenters. The summed E-state index contributed by atoms with van der Waals surface area (Å²) < 4.78 is 0. The Morgan fingerprint density at radius 2 is 1.54 bits per heavy atom. The molecule has 2 aromatic rings. The van der Waals surface area contributed by atoms with Gasteiger partial charge in [0.1, 0.15) is 6.04 Å². The molecule has 0 spiro atoms. The number of likely N-dealkylation sites (tertiary alicyclic amines) is 1. The van der Waals surface area contributed by atoms with Gasteiger partial charge in [-0.15, -0.1) is 0 Å². The molecule has 0 radical (unpaired) electrons. The van der Waals surface area contributed by atoms with E-state index in [0.717, 1.165) is 45.2 Å². The van der Waals surface area contributed by atoms with Gasteiger partial charge in [0.2, 0.25) is 0 Å². The van der Waals surface area contributed by atoms with Crippen molar-refractivity contribution in [1.29, 1.82) is 0 Å². The molecular weight excluding hydrogens is 348 g/mol. The summed E-state index contributed by atoms with van der Waals surface area (Å²) in [6, 6.07) is 17.0. The summed E-state index contributed by atoms with van der Waals surface area (Å²) in [5.41, 5.74) is 5.32. The first-order chi connectivity index (χ1) is 13.7. The fourth-order valence-corrected chi connectivity index (χ4v) is 4.45. The van der Waals surface area contributed by atoms with E-state index >= 15 is 0 Å². The second-order valence-electron chi connectivity index (χ2n) is 7.68. The highest BCUT2D eigenvalue weighted by Gasteiger charge is 2.27. The molecule has 4 rings (SSSR count). The second-order valence-corrected chi connectivity index (χ2v) is 7.68. The van der Waals surface area contributed by atoms with Crippen LogP contribution in [0.25, 0.3) is 0 Å². The smallest absolute Gasteiger partial charge is 0.320 e. The molecule has 1 fully saturated rings. The largest absolute Gasteiger partial charge is 0.480 e. The molecule has 2 heterocycles. The van der Waals surface area contributed by atoms with E-state index in [1.54, 1.807) is 0 Å². The van der Waals surface area contributed by atoms with E-state index in [1.807, 2.05) is 0 Å². The molecule has 0 amide bonds. The van der Waals surface area contributed by atoms with E-state index in [2.05, 4.69) is 70.5 Å². The average Bonchev–Trinajstić information content (AvgIpc) is 2.88. The molecule has 2 aromatic carbocycles. The van der Waals surface area contributed by atoms with Gasteiger partial charge in [-0.2, -0.15) is 0 Å². The van der Waals surface area contributed by atoms with Gasteiger partial charge in [0.25, 0.3) is 0 Å². The number of aryl methyl sites for hydroxylation is 2. The Morgan fingerprint density at radius 1 is 0.929 bits per heavy atom. The summed E-state index contributed by atoms with van der Waals surface area (Å²) in [6.07, 6.45) is 9.30. The fraction of sp³-hybridized carbons (Fsp3) is 0.375. The van der Waals surface area contributed by atoms with E-state index in [1.165, 1.54) is 22.5 Å². The normalized spacial score (nSPS) is 19.9. The number of hydrogen-bond donors (Lipinski definition) is 1. The molecule has 2 aliphatic heterocycles. The predicted octanol–water partition coefficient (Wildman–Crippen LogP) is 4.42. The highest BCUT2D eigenvalue weighted by Crippen LogP contribution is 2.35. The Balaban J connectivity index is 1.51. The Labute approximate surface area is 167 Å². The maximum atomic E-state index is 11.5. The van der Waals surface area contributed by atoms with Crippen LogP contribution in [0.2, 0.25) is 0 Å². The summed E-state index contributed by atoms with van der Waals surface area (Å²) in [5, 5.41) is 9.44. The lowest BCUT2D eigenvalue weighted by atomic mass is 10.0. The van der Waals surface area contributed by atoms with Crippen molar-refractivity contribution >= 4 is 17.3 Å². The highest BCUT2D eigenvalue weighted by atomic mass is 16.4. The number of carboxylic acids is 1. The zero-order valence-electron chi connectivity index (χ0n) is 16.3. The van der Waals surface area contributed by atoms with Crippen LogP contribution in [-0.2, 0) is 17.6 Å². The number of piperidine rings is 1. The number of hydrogen-bond acceptors (Lipinski definition) is 3. The Hall–Kier alpha value is -2.59. The topological polar surface area (TPSA) is 43.8 Å². The first-order valence-corrected chi connectivity index (χ1v) is 10.3. The zero-order valence-corrected chi connectivity index (χ0v) is 16.3. The van der Waals surface area contributed by atoms with Crippen LogP contribution in [0.4, 0.5) is 11.4 Å². The fourth-order valence-electron chi connectivity index (χ4n) is 4.45. The maximum Gasteiger partial charge on any atom is 0.320 e. The highest BCUT2D eigenvalue weighted by molar-refractivity contribution is 5.73. The summed E-state index contributed by atoms with van der Waals surface area (Å²) in [6.45, 7) is 2.37. The molecule has 1 saturated heterocycles. The minimum atomic E-state index is -0.691. The van der Waals surface area contributed by atoms with Crippen molar-refractivity contribution in [3.05, 3.63) is 71.8 Å². The van der Waals surface area contributed by atoms with Crippen LogP contribution < -0.4 is 4.90 Å². The van der Waals surface area contributed by atoms with Gasteiger partial charge in [0, 0.05) is 24.5 Å². The predicted molar refractivity (Wildman–Crippen MR) is 113 cm³/mol. The van der Waals surface area contributed by atoms with Gasteiger partial charge in [0.15, 0.2) is 0 Å². The summed E-state index contributed by atoms with van der Waals surface area (Å²) in [5.74, 6) is -0.691. The number of aliphatic carboxylic acids is 1. The van der Waals surface area contributed by atoms with E-state index in [4.69, 9.17) is 0 Å². The molecule has 146 valence electrons.